The first-order chi connectivity index (χ1) is 9.08. The number of aliphatic carboxylic acids is 1. The molecule has 1 aliphatic heterocycles. The Morgan fingerprint density at radius 1 is 1.58 bits per heavy atom. The molecule has 0 spiro atoms. The molecular weight excluding hydrogens is 244 g/mol. The van der Waals surface area contributed by atoms with Gasteiger partial charge in [0.05, 0.1) is 0 Å². The van der Waals surface area contributed by atoms with Gasteiger partial charge in [-0.05, 0) is 25.7 Å². The molecule has 1 aliphatic rings. The molecule has 0 aromatic carbocycles. The molecule has 1 saturated heterocycles. The van der Waals surface area contributed by atoms with Gasteiger partial charge >= 0.3 is 5.97 Å². The van der Waals surface area contributed by atoms with Gasteiger partial charge in [0.15, 0.2) is 0 Å². The van der Waals surface area contributed by atoms with E-state index in [4.69, 9.17) is 5.11 Å². The van der Waals surface area contributed by atoms with E-state index in [9.17, 15) is 4.79 Å². The number of nitrogens with zero attached hydrogens (tertiary/aromatic N) is 3. The van der Waals surface area contributed by atoms with Gasteiger partial charge in [0.2, 0.25) is 0 Å². The van der Waals surface area contributed by atoms with Crippen molar-refractivity contribution >= 4 is 17.6 Å². The van der Waals surface area contributed by atoms with E-state index in [1.807, 2.05) is 20.0 Å². The van der Waals surface area contributed by atoms with E-state index >= 15 is 0 Å². The highest BCUT2D eigenvalue weighted by atomic mass is 16.4. The van der Waals surface area contributed by atoms with Gasteiger partial charge < -0.3 is 15.3 Å². The second kappa shape index (κ2) is 5.86. The first-order valence-corrected chi connectivity index (χ1v) is 6.58. The van der Waals surface area contributed by atoms with Gasteiger partial charge in [0.25, 0.3) is 0 Å². The summed E-state index contributed by atoms with van der Waals surface area (Å²) in [5.41, 5.74) is 0. The summed E-state index contributed by atoms with van der Waals surface area (Å²) in [6, 6.07) is 1.94. The van der Waals surface area contributed by atoms with Crippen molar-refractivity contribution in [1.29, 1.82) is 0 Å². The van der Waals surface area contributed by atoms with E-state index in [1.54, 1.807) is 0 Å². The SMILES string of the molecule is CNc1cc(N2CCC(CCC(=O)O)C2)nc(C)n1. The average Bonchev–Trinajstić information content (AvgIpc) is 2.84. The van der Waals surface area contributed by atoms with E-state index < -0.39 is 5.97 Å². The average molecular weight is 264 g/mol. The minimum atomic E-state index is -0.714. The van der Waals surface area contributed by atoms with Crippen LogP contribution >= 0.6 is 0 Å². The summed E-state index contributed by atoms with van der Waals surface area (Å²) in [5.74, 6) is 2.22. The number of carboxylic acids is 1. The fraction of sp³-hybridized carbons (Fsp3) is 0.615. The van der Waals surface area contributed by atoms with Gasteiger partial charge in [-0.15, -0.1) is 0 Å². The molecule has 0 aliphatic carbocycles. The van der Waals surface area contributed by atoms with E-state index in [0.717, 1.165) is 43.4 Å². The molecule has 0 radical (unpaired) electrons. The van der Waals surface area contributed by atoms with Crippen molar-refractivity contribution in [3.8, 4) is 0 Å². The highest BCUT2D eigenvalue weighted by Gasteiger charge is 2.24. The van der Waals surface area contributed by atoms with E-state index in [0.29, 0.717) is 5.92 Å². The van der Waals surface area contributed by atoms with Crippen molar-refractivity contribution in [2.75, 3.05) is 30.4 Å². The zero-order valence-electron chi connectivity index (χ0n) is 11.4. The predicted octanol–water partition coefficient (Wildman–Crippen LogP) is 1.52. The Kier molecular flexibility index (Phi) is 4.19. The molecule has 6 heteroatoms. The summed E-state index contributed by atoms with van der Waals surface area (Å²) in [7, 11) is 1.84. The molecular formula is C13H20N4O2. The molecule has 1 aromatic heterocycles. The molecule has 1 atom stereocenters. The highest BCUT2D eigenvalue weighted by molar-refractivity contribution is 5.66. The molecule has 1 aromatic rings. The van der Waals surface area contributed by atoms with Crippen LogP contribution in [0.25, 0.3) is 0 Å². The highest BCUT2D eigenvalue weighted by Crippen LogP contribution is 2.26. The monoisotopic (exact) mass is 264 g/mol. The molecule has 2 heterocycles. The van der Waals surface area contributed by atoms with Crippen molar-refractivity contribution in [3.63, 3.8) is 0 Å². The molecule has 104 valence electrons. The molecule has 0 saturated carbocycles. The Morgan fingerprint density at radius 2 is 2.37 bits per heavy atom. The molecule has 0 amide bonds. The smallest absolute Gasteiger partial charge is 0.303 e. The number of nitrogens with one attached hydrogen (secondary N) is 1. The topological polar surface area (TPSA) is 78.4 Å². The van der Waals surface area contributed by atoms with Crippen molar-refractivity contribution in [3.05, 3.63) is 11.9 Å². The third kappa shape index (κ3) is 3.56. The van der Waals surface area contributed by atoms with Gasteiger partial charge in [-0.25, -0.2) is 9.97 Å². The molecule has 2 N–H and O–H groups in total. The minimum Gasteiger partial charge on any atom is -0.481 e. The standard InChI is InChI=1S/C13H20N4O2/c1-9-15-11(14-2)7-12(16-9)17-6-5-10(8-17)3-4-13(18)19/h7,10H,3-6,8H2,1-2H3,(H,18,19)(H,14,15,16). The van der Waals surface area contributed by atoms with Crippen molar-refractivity contribution < 1.29 is 9.90 Å². The van der Waals surface area contributed by atoms with Crippen molar-refractivity contribution in [2.24, 2.45) is 5.92 Å². The van der Waals surface area contributed by atoms with Crippen molar-refractivity contribution in [1.82, 2.24) is 9.97 Å². The zero-order valence-corrected chi connectivity index (χ0v) is 11.4. The number of anilines is 2. The number of carboxylic acid groups (broad SMARTS) is 1. The fourth-order valence-corrected chi connectivity index (χ4v) is 2.45. The van der Waals surface area contributed by atoms with Crippen molar-refractivity contribution in [2.45, 2.75) is 26.2 Å². The lowest BCUT2D eigenvalue weighted by molar-refractivity contribution is -0.137. The van der Waals surface area contributed by atoms with Crippen LogP contribution in [0.4, 0.5) is 11.6 Å². The van der Waals surface area contributed by atoms with Gasteiger partial charge in [0.1, 0.15) is 17.5 Å². The normalized spacial score (nSPS) is 18.6. The molecule has 1 unspecified atom stereocenters. The van der Waals surface area contributed by atoms with Crippen LogP contribution in [0.3, 0.4) is 0 Å². The molecule has 2 rings (SSSR count). The first-order valence-electron chi connectivity index (χ1n) is 6.58. The summed E-state index contributed by atoms with van der Waals surface area (Å²) in [6.07, 6.45) is 2.03. The van der Waals surface area contributed by atoms with E-state index in [2.05, 4.69) is 20.2 Å². The molecule has 1 fully saturated rings. The van der Waals surface area contributed by atoms with Gasteiger partial charge in [-0.2, -0.15) is 0 Å². The number of hydrogen-bond donors (Lipinski definition) is 2. The largest absolute Gasteiger partial charge is 0.481 e. The maximum atomic E-state index is 10.6. The van der Waals surface area contributed by atoms with Crippen LogP contribution in [0.1, 0.15) is 25.1 Å². The Hall–Kier alpha value is -1.85. The lowest BCUT2D eigenvalue weighted by Gasteiger charge is -2.18. The Bertz CT molecular complexity index is 464. The number of rotatable bonds is 5. The number of aromatic nitrogens is 2. The Labute approximate surface area is 112 Å². The Balaban J connectivity index is 2.00. The lowest BCUT2D eigenvalue weighted by Crippen LogP contribution is -2.21. The van der Waals surface area contributed by atoms with Crippen LogP contribution in [0.5, 0.6) is 0 Å². The third-order valence-corrected chi connectivity index (χ3v) is 3.46. The summed E-state index contributed by atoms with van der Waals surface area (Å²) in [6.45, 7) is 3.69. The van der Waals surface area contributed by atoms with Crippen LogP contribution < -0.4 is 10.2 Å². The zero-order chi connectivity index (χ0) is 13.8. The Morgan fingerprint density at radius 3 is 3.05 bits per heavy atom. The maximum absolute atomic E-state index is 10.6. The quantitative estimate of drug-likeness (QED) is 0.839. The predicted molar refractivity (Wildman–Crippen MR) is 73.5 cm³/mol. The number of carbonyl (C=O) groups is 1. The summed E-state index contributed by atoms with van der Waals surface area (Å²) in [5, 5.41) is 11.7. The molecule has 6 nitrogen and oxygen atoms in total. The van der Waals surface area contributed by atoms with Crippen LogP contribution in [-0.2, 0) is 4.79 Å². The summed E-state index contributed by atoms with van der Waals surface area (Å²) >= 11 is 0. The van der Waals surface area contributed by atoms with Crippen LogP contribution in [0, 0.1) is 12.8 Å². The molecule has 19 heavy (non-hydrogen) atoms. The van der Waals surface area contributed by atoms with Crippen LogP contribution in [0.15, 0.2) is 6.07 Å². The second-order valence-electron chi connectivity index (χ2n) is 4.94. The van der Waals surface area contributed by atoms with Crippen LogP contribution in [0.2, 0.25) is 0 Å². The van der Waals surface area contributed by atoms with Gasteiger partial charge in [0, 0.05) is 32.6 Å². The number of aryl methyl sites for hydroxylation is 1. The maximum Gasteiger partial charge on any atom is 0.303 e. The second-order valence-corrected chi connectivity index (χ2v) is 4.94. The summed E-state index contributed by atoms with van der Waals surface area (Å²) in [4.78, 5) is 21.5. The van der Waals surface area contributed by atoms with E-state index in [-0.39, 0.29) is 6.42 Å². The van der Waals surface area contributed by atoms with Gasteiger partial charge in [-0.3, -0.25) is 4.79 Å². The summed E-state index contributed by atoms with van der Waals surface area (Å²) < 4.78 is 0. The molecule has 0 bridgehead atoms. The van der Waals surface area contributed by atoms with Gasteiger partial charge in [-0.1, -0.05) is 0 Å². The fourth-order valence-electron chi connectivity index (χ4n) is 2.45. The minimum absolute atomic E-state index is 0.253. The van der Waals surface area contributed by atoms with Crippen LogP contribution in [-0.4, -0.2) is 41.2 Å². The first kappa shape index (κ1) is 13.6. The van der Waals surface area contributed by atoms with E-state index in [1.165, 1.54) is 0 Å². The third-order valence-electron chi connectivity index (χ3n) is 3.46. The number of hydrogen-bond acceptors (Lipinski definition) is 5. The lowest BCUT2D eigenvalue weighted by atomic mass is 10.0.